The maximum atomic E-state index is 12.4. The molecule has 0 aliphatic carbocycles. The molecule has 24 heavy (non-hydrogen) atoms. The van der Waals surface area contributed by atoms with Gasteiger partial charge in [-0.1, -0.05) is 6.07 Å². The molecule has 0 saturated carbocycles. The van der Waals surface area contributed by atoms with E-state index in [1.807, 2.05) is 22.9 Å². The standard InChI is InChI=1S/C17H12N4OS2/c18-11-24-15-6-4-13(5-7-15)20-16(22)12-2-1-3-14(10-12)21-17-19-8-9-23-17/h1-10H,(H,19,21)(H,20,22). The van der Waals surface area contributed by atoms with Crippen LogP contribution >= 0.6 is 23.1 Å². The van der Waals surface area contributed by atoms with Crippen molar-refractivity contribution < 1.29 is 4.79 Å². The molecule has 2 N–H and O–H groups in total. The van der Waals surface area contributed by atoms with E-state index in [2.05, 4.69) is 15.6 Å². The summed E-state index contributed by atoms with van der Waals surface area (Å²) in [7, 11) is 0. The third kappa shape index (κ3) is 4.13. The number of thiazole rings is 1. The molecule has 0 saturated heterocycles. The number of carbonyl (C=O) groups excluding carboxylic acids is 1. The van der Waals surface area contributed by atoms with E-state index in [1.54, 1.807) is 42.6 Å². The summed E-state index contributed by atoms with van der Waals surface area (Å²) in [5, 5.41) is 19.3. The number of thioether (sulfide) groups is 1. The van der Waals surface area contributed by atoms with Crippen LogP contribution in [0.15, 0.2) is 65.0 Å². The second kappa shape index (κ2) is 7.64. The van der Waals surface area contributed by atoms with Crippen LogP contribution in [0.3, 0.4) is 0 Å². The summed E-state index contributed by atoms with van der Waals surface area (Å²) in [6.07, 6.45) is 1.72. The van der Waals surface area contributed by atoms with Gasteiger partial charge in [-0.15, -0.1) is 11.3 Å². The number of aromatic nitrogens is 1. The molecule has 1 aromatic heterocycles. The average molecular weight is 352 g/mol. The number of benzene rings is 2. The van der Waals surface area contributed by atoms with Gasteiger partial charge >= 0.3 is 0 Å². The maximum Gasteiger partial charge on any atom is 0.255 e. The molecule has 0 aliphatic heterocycles. The predicted molar refractivity (Wildman–Crippen MR) is 97.7 cm³/mol. The number of rotatable bonds is 5. The van der Waals surface area contributed by atoms with Crippen LogP contribution in [0.4, 0.5) is 16.5 Å². The maximum absolute atomic E-state index is 12.4. The smallest absolute Gasteiger partial charge is 0.255 e. The first-order valence-electron chi connectivity index (χ1n) is 6.98. The van der Waals surface area contributed by atoms with Crippen LogP contribution in [0.2, 0.25) is 0 Å². The van der Waals surface area contributed by atoms with Gasteiger partial charge in [-0.3, -0.25) is 4.79 Å². The molecule has 0 atom stereocenters. The van der Waals surface area contributed by atoms with E-state index in [4.69, 9.17) is 5.26 Å². The van der Waals surface area contributed by atoms with E-state index in [9.17, 15) is 4.79 Å². The molecule has 1 amide bonds. The van der Waals surface area contributed by atoms with Crippen molar-refractivity contribution in [1.82, 2.24) is 4.98 Å². The van der Waals surface area contributed by atoms with Crippen LogP contribution < -0.4 is 10.6 Å². The summed E-state index contributed by atoms with van der Waals surface area (Å²) < 4.78 is 0. The lowest BCUT2D eigenvalue weighted by atomic mass is 10.2. The van der Waals surface area contributed by atoms with Crippen molar-refractivity contribution in [1.29, 1.82) is 5.26 Å². The van der Waals surface area contributed by atoms with E-state index < -0.39 is 0 Å². The Morgan fingerprint density at radius 3 is 2.71 bits per heavy atom. The summed E-state index contributed by atoms with van der Waals surface area (Å²) in [4.78, 5) is 17.4. The molecule has 118 valence electrons. The van der Waals surface area contributed by atoms with Crippen molar-refractivity contribution >= 4 is 45.5 Å². The van der Waals surface area contributed by atoms with Gasteiger partial charge < -0.3 is 10.6 Å². The highest BCUT2D eigenvalue weighted by molar-refractivity contribution is 8.03. The summed E-state index contributed by atoms with van der Waals surface area (Å²) >= 11 is 2.57. The van der Waals surface area contributed by atoms with Gasteiger partial charge in [0, 0.05) is 33.4 Å². The third-order valence-corrected chi connectivity index (χ3v) is 4.37. The van der Waals surface area contributed by atoms with Gasteiger partial charge in [0.05, 0.1) is 0 Å². The van der Waals surface area contributed by atoms with Gasteiger partial charge in [0.1, 0.15) is 5.40 Å². The molecule has 0 fully saturated rings. The fourth-order valence-electron chi connectivity index (χ4n) is 2.01. The Hall–Kier alpha value is -2.82. The molecular formula is C17H12N4OS2. The van der Waals surface area contributed by atoms with Crippen molar-refractivity contribution in [2.45, 2.75) is 4.90 Å². The van der Waals surface area contributed by atoms with Gasteiger partial charge in [-0.25, -0.2) is 4.98 Å². The summed E-state index contributed by atoms with van der Waals surface area (Å²) in [6.45, 7) is 0. The second-order valence-electron chi connectivity index (χ2n) is 4.71. The van der Waals surface area contributed by atoms with Crippen LogP contribution in [0.25, 0.3) is 0 Å². The zero-order valence-electron chi connectivity index (χ0n) is 12.4. The van der Waals surface area contributed by atoms with Crippen LogP contribution in [0.5, 0.6) is 0 Å². The normalized spacial score (nSPS) is 9.96. The number of hydrogen-bond donors (Lipinski definition) is 2. The summed E-state index contributed by atoms with van der Waals surface area (Å²) in [6, 6.07) is 14.4. The SMILES string of the molecule is N#CSc1ccc(NC(=O)c2cccc(Nc3nccs3)c2)cc1. The molecule has 2 aromatic carbocycles. The Labute approximate surface area is 147 Å². The van der Waals surface area contributed by atoms with E-state index >= 15 is 0 Å². The number of nitrogens with zero attached hydrogens (tertiary/aromatic N) is 2. The molecule has 3 rings (SSSR count). The Balaban J connectivity index is 1.69. The van der Waals surface area contributed by atoms with Crippen LogP contribution in [0, 0.1) is 10.7 Å². The molecule has 0 aliphatic rings. The quantitative estimate of drug-likeness (QED) is 0.513. The van der Waals surface area contributed by atoms with Gasteiger partial charge in [-0.05, 0) is 54.2 Å². The van der Waals surface area contributed by atoms with Crippen molar-refractivity contribution in [2.75, 3.05) is 10.6 Å². The highest BCUT2D eigenvalue weighted by Crippen LogP contribution is 2.21. The first-order chi connectivity index (χ1) is 11.7. The topological polar surface area (TPSA) is 77.8 Å². The minimum Gasteiger partial charge on any atom is -0.332 e. The van der Waals surface area contributed by atoms with E-state index in [-0.39, 0.29) is 5.91 Å². The predicted octanol–water partition coefficient (Wildman–Crippen LogP) is 4.71. The number of anilines is 3. The number of thiocyanates is 1. The zero-order valence-corrected chi connectivity index (χ0v) is 14.0. The van der Waals surface area contributed by atoms with Crippen molar-refractivity contribution in [2.24, 2.45) is 0 Å². The van der Waals surface area contributed by atoms with Gasteiger partial charge in [0.25, 0.3) is 5.91 Å². The van der Waals surface area contributed by atoms with Gasteiger partial charge in [0.15, 0.2) is 5.13 Å². The van der Waals surface area contributed by atoms with Crippen LogP contribution in [-0.2, 0) is 0 Å². The zero-order chi connectivity index (χ0) is 16.8. The Bertz CT molecular complexity index is 870. The lowest BCUT2D eigenvalue weighted by Gasteiger charge is -2.08. The molecule has 0 unspecified atom stereocenters. The van der Waals surface area contributed by atoms with Crippen molar-refractivity contribution in [3.63, 3.8) is 0 Å². The molecule has 1 heterocycles. The average Bonchev–Trinajstić information content (AvgIpc) is 3.10. The largest absolute Gasteiger partial charge is 0.332 e. The number of amides is 1. The molecule has 7 heteroatoms. The fraction of sp³-hybridized carbons (Fsp3) is 0. The van der Waals surface area contributed by atoms with Gasteiger partial charge in [-0.2, -0.15) is 5.26 Å². The van der Waals surface area contributed by atoms with Crippen LogP contribution in [0.1, 0.15) is 10.4 Å². The lowest BCUT2D eigenvalue weighted by molar-refractivity contribution is 0.102. The molecule has 3 aromatic rings. The number of nitriles is 1. The number of hydrogen-bond acceptors (Lipinski definition) is 6. The molecule has 0 spiro atoms. The first-order valence-corrected chi connectivity index (χ1v) is 8.68. The van der Waals surface area contributed by atoms with E-state index in [0.717, 1.165) is 27.5 Å². The second-order valence-corrected chi connectivity index (χ2v) is 6.47. The monoisotopic (exact) mass is 352 g/mol. The lowest BCUT2D eigenvalue weighted by Crippen LogP contribution is -2.11. The van der Waals surface area contributed by atoms with Crippen LogP contribution in [-0.4, -0.2) is 10.9 Å². The number of nitrogens with one attached hydrogen (secondary N) is 2. The molecule has 0 radical (unpaired) electrons. The highest BCUT2D eigenvalue weighted by atomic mass is 32.2. The minimum atomic E-state index is -0.196. The Morgan fingerprint density at radius 2 is 2.00 bits per heavy atom. The Morgan fingerprint density at radius 1 is 1.17 bits per heavy atom. The minimum absolute atomic E-state index is 0.196. The van der Waals surface area contributed by atoms with Gasteiger partial charge in [0.2, 0.25) is 0 Å². The van der Waals surface area contributed by atoms with Crippen molar-refractivity contribution in [3.05, 3.63) is 65.7 Å². The first kappa shape index (κ1) is 16.1. The highest BCUT2D eigenvalue weighted by Gasteiger charge is 2.07. The Kier molecular flexibility index (Phi) is 5.11. The van der Waals surface area contributed by atoms with E-state index in [1.165, 1.54) is 11.3 Å². The molecule has 0 bridgehead atoms. The third-order valence-electron chi connectivity index (χ3n) is 3.08. The molecule has 5 nitrogen and oxygen atoms in total. The fourth-order valence-corrected chi connectivity index (χ4v) is 2.94. The number of carbonyl (C=O) groups is 1. The molecular weight excluding hydrogens is 340 g/mol. The summed E-state index contributed by atoms with van der Waals surface area (Å²) in [5.41, 5.74) is 2.03. The van der Waals surface area contributed by atoms with Crippen molar-refractivity contribution in [3.8, 4) is 5.40 Å². The van der Waals surface area contributed by atoms with E-state index in [0.29, 0.717) is 11.3 Å². The summed E-state index contributed by atoms with van der Waals surface area (Å²) in [5.74, 6) is -0.196.